The zero-order valence-corrected chi connectivity index (χ0v) is 15.6. The molecule has 0 radical (unpaired) electrons. The van der Waals surface area contributed by atoms with Crippen LogP contribution in [-0.4, -0.2) is 38.6 Å². The van der Waals surface area contributed by atoms with Gasteiger partial charge in [-0.2, -0.15) is 4.68 Å². The number of benzene rings is 2. The summed E-state index contributed by atoms with van der Waals surface area (Å²) in [6.07, 6.45) is 0.165. The van der Waals surface area contributed by atoms with Gasteiger partial charge in [0.2, 0.25) is 11.8 Å². The third-order valence-electron chi connectivity index (χ3n) is 4.59. The zero-order valence-electron chi connectivity index (χ0n) is 14.8. The Morgan fingerprint density at radius 1 is 1.11 bits per heavy atom. The average Bonchev–Trinajstić information content (AvgIpc) is 3.34. The van der Waals surface area contributed by atoms with E-state index in [1.165, 1.54) is 0 Å². The van der Waals surface area contributed by atoms with Gasteiger partial charge in [0.1, 0.15) is 0 Å². The fourth-order valence-corrected chi connectivity index (χ4v) is 3.28. The average molecular weight is 397 g/mol. The first-order valence-electron chi connectivity index (χ1n) is 8.78. The smallest absolute Gasteiger partial charge is 0.227 e. The molecule has 28 heavy (non-hydrogen) atoms. The maximum Gasteiger partial charge on any atom is 0.227 e. The molecule has 0 saturated carbocycles. The highest BCUT2D eigenvalue weighted by molar-refractivity contribution is 6.30. The Labute approximate surface area is 166 Å². The number of carbonyl (C=O) groups is 2. The molecule has 2 aromatic carbocycles. The van der Waals surface area contributed by atoms with Crippen molar-refractivity contribution in [2.24, 2.45) is 5.92 Å². The van der Waals surface area contributed by atoms with E-state index in [0.29, 0.717) is 17.4 Å². The monoisotopic (exact) mass is 396 g/mol. The summed E-state index contributed by atoms with van der Waals surface area (Å²) in [5.74, 6) is -0.202. The standard InChI is InChI=1S/C19H17ClN6O2/c20-14-6-8-15(9-7-14)25-12-13(10-18(25)27)19(28)21-11-17-22-23-24-26(17)16-4-2-1-3-5-16/h1-9,13H,10-12H2,(H,21,28)/t13-/m0/s1. The molecule has 1 aliphatic rings. The van der Waals surface area contributed by atoms with Crippen LogP contribution < -0.4 is 10.2 Å². The summed E-state index contributed by atoms with van der Waals surface area (Å²) >= 11 is 5.90. The van der Waals surface area contributed by atoms with Crippen LogP contribution in [0.4, 0.5) is 5.69 Å². The lowest BCUT2D eigenvalue weighted by Crippen LogP contribution is -2.33. The van der Waals surface area contributed by atoms with Crippen molar-refractivity contribution in [3.8, 4) is 5.69 Å². The largest absolute Gasteiger partial charge is 0.348 e. The number of aromatic nitrogens is 4. The summed E-state index contributed by atoms with van der Waals surface area (Å²) in [4.78, 5) is 26.5. The summed E-state index contributed by atoms with van der Waals surface area (Å²) < 4.78 is 1.57. The number of amides is 2. The second-order valence-corrected chi connectivity index (χ2v) is 6.88. The topological polar surface area (TPSA) is 93.0 Å². The van der Waals surface area contributed by atoms with Gasteiger partial charge in [-0.1, -0.05) is 29.8 Å². The number of rotatable bonds is 5. The lowest BCUT2D eigenvalue weighted by molar-refractivity contribution is -0.126. The highest BCUT2D eigenvalue weighted by atomic mass is 35.5. The molecule has 0 spiro atoms. The maximum absolute atomic E-state index is 12.6. The van der Waals surface area contributed by atoms with E-state index in [1.807, 2.05) is 30.3 Å². The van der Waals surface area contributed by atoms with Gasteiger partial charge in [-0.25, -0.2) is 0 Å². The van der Waals surface area contributed by atoms with Crippen molar-refractivity contribution < 1.29 is 9.59 Å². The molecule has 9 heteroatoms. The minimum Gasteiger partial charge on any atom is -0.348 e. The van der Waals surface area contributed by atoms with E-state index in [9.17, 15) is 9.59 Å². The first-order valence-corrected chi connectivity index (χ1v) is 9.16. The summed E-state index contributed by atoms with van der Waals surface area (Å²) in [5.41, 5.74) is 1.54. The third kappa shape index (κ3) is 3.72. The Balaban J connectivity index is 1.40. The Kier molecular flexibility index (Phi) is 5.03. The second-order valence-electron chi connectivity index (χ2n) is 6.44. The van der Waals surface area contributed by atoms with Crippen LogP contribution in [0.3, 0.4) is 0 Å². The van der Waals surface area contributed by atoms with Gasteiger partial charge in [0.25, 0.3) is 0 Å². The van der Waals surface area contributed by atoms with Crippen molar-refractivity contribution in [2.45, 2.75) is 13.0 Å². The van der Waals surface area contributed by atoms with Crippen molar-refractivity contribution in [3.63, 3.8) is 0 Å². The summed E-state index contributed by atoms with van der Waals surface area (Å²) in [6.45, 7) is 0.502. The molecule has 1 saturated heterocycles. The van der Waals surface area contributed by atoms with Crippen molar-refractivity contribution in [1.29, 1.82) is 0 Å². The summed E-state index contributed by atoms with van der Waals surface area (Å²) in [6, 6.07) is 16.4. The number of tetrazole rings is 1. The van der Waals surface area contributed by atoms with Gasteiger partial charge in [-0.05, 0) is 46.8 Å². The van der Waals surface area contributed by atoms with Crippen LogP contribution >= 0.6 is 11.6 Å². The molecule has 1 fully saturated rings. The van der Waals surface area contributed by atoms with E-state index in [-0.39, 0.29) is 24.8 Å². The van der Waals surface area contributed by atoms with Crippen LogP contribution in [0.5, 0.6) is 0 Å². The highest BCUT2D eigenvalue weighted by Gasteiger charge is 2.35. The van der Waals surface area contributed by atoms with E-state index in [2.05, 4.69) is 20.8 Å². The molecular weight excluding hydrogens is 380 g/mol. The molecular formula is C19H17ClN6O2. The lowest BCUT2D eigenvalue weighted by Gasteiger charge is -2.16. The number of hydrogen-bond acceptors (Lipinski definition) is 5. The number of hydrogen-bond donors (Lipinski definition) is 1. The Morgan fingerprint density at radius 3 is 2.61 bits per heavy atom. The minimum atomic E-state index is -0.427. The maximum atomic E-state index is 12.6. The van der Waals surface area contributed by atoms with Crippen LogP contribution in [0.15, 0.2) is 54.6 Å². The van der Waals surface area contributed by atoms with Crippen molar-refractivity contribution in [1.82, 2.24) is 25.5 Å². The van der Waals surface area contributed by atoms with Crippen LogP contribution in [0, 0.1) is 5.92 Å². The number of nitrogens with zero attached hydrogens (tertiary/aromatic N) is 5. The van der Waals surface area contributed by atoms with E-state index >= 15 is 0 Å². The molecule has 2 amide bonds. The van der Waals surface area contributed by atoms with E-state index in [1.54, 1.807) is 33.8 Å². The summed E-state index contributed by atoms with van der Waals surface area (Å²) in [5, 5.41) is 15.1. The normalized spacial score (nSPS) is 16.4. The fourth-order valence-electron chi connectivity index (χ4n) is 3.15. The highest BCUT2D eigenvalue weighted by Crippen LogP contribution is 2.26. The van der Waals surface area contributed by atoms with E-state index in [4.69, 9.17) is 11.6 Å². The predicted molar refractivity (Wildman–Crippen MR) is 103 cm³/mol. The van der Waals surface area contributed by atoms with Gasteiger partial charge in [-0.15, -0.1) is 5.10 Å². The van der Waals surface area contributed by atoms with E-state index < -0.39 is 5.92 Å². The Bertz CT molecular complexity index is 989. The van der Waals surface area contributed by atoms with Crippen molar-refractivity contribution in [2.75, 3.05) is 11.4 Å². The fraction of sp³-hybridized carbons (Fsp3) is 0.211. The second kappa shape index (κ2) is 7.77. The molecule has 1 N–H and O–H groups in total. The SMILES string of the molecule is O=C(NCc1nnnn1-c1ccccc1)[C@H]1CC(=O)N(c2ccc(Cl)cc2)C1. The van der Waals surface area contributed by atoms with Crippen molar-refractivity contribution in [3.05, 3.63) is 65.4 Å². The summed E-state index contributed by atoms with van der Waals surface area (Å²) in [7, 11) is 0. The molecule has 1 aromatic heterocycles. The van der Waals surface area contributed by atoms with Gasteiger partial charge in [0, 0.05) is 23.7 Å². The van der Waals surface area contributed by atoms with Gasteiger partial charge < -0.3 is 10.2 Å². The molecule has 3 aromatic rings. The van der Waals surface area contributed by atoms with Crippen molar-refractivity contribution >= 4 is 29.1 Å². The quantitative estimate of drug-likeness (QED) is 0.711. The van der Waals surface area contributed by atoms with Gasteiger partial charge in [0.15, 0.2) is 5.82 Å². The number of anilines is 1. The lowest BCUT2D eigenvalue weighted by atomic mass is 10.1. The number of para-hydroxylation sites is 1. The third-order valence-corrected chi connectivity index (χ3v) is 4.84. The Morgan fingerprint density at radius 2 is 1.86 bits per heavy atom. The van der Waals surface area contributed by atoms with Crippen LogP contribution in [0.25, 0.3) is 5.69 Å². The van der Waals surface area contributed by atoms with Gasteiger partial charge in [-0.3, -0.25) is 9.59 Å². The molecule has 0 aliphatic carbocycles. The number of carbonyl (C=O) groups excluding carboxylic acids is 2. The first kappa shape index (κ1) is 18.1. The van der Waals surface area contributed by atoms with Crippen LogP contribution in [0.1, 0.15) is 12.2 Å². The number of halogens is 1. The molecule has 8 nitrogen and oxygen atoms in total. The van der Waals surface area contributed by atoms with Gasteiger partial charge >= 0.3 is 0 Å². The van der Waals surface area contributed by atoms with E-state index in [0.717, 1.165) is 11.4 Å². The minimum absolute atomic E-state index is 0.0865. The molecule has 1 aliphatic heterocycles. The van der Waals surface area contributed by atoms with Crippen LogP contribution in [-0.2, 0) is 16.1 Å². The molecule has 0 unspecified atom stereocenters. The Hall–Kier alpha value is -3.26. The molecule has 4 rings (SSSR count). The molecule has 0 bridgehead atoms. The zero-order chi connectivity index (χ0) is 19.5. The first-order chi connectivity index (χ1) is 13.6. The predicted octanol–water partition coefficient (Wildman–Crippen LogP) is 1.98. The number of nitrogens with one attached hydrogen (secondary N) is 1. The van der Waals surface area contributed by atoms with Crippen LogP contribution in [0.2, 0.25) is 5.02 Å². The molecule has 142 valence electrons. The molecule has 1 atom stereocenters. The molecule has 2 heterocycles. The van der Waals surface area contributed by atoms with Gasteiger partial charge in [0.05, 0.1) is 18.2 Å².